The molecule has 3 heteroatoms. The zero-order valence-electron chi connectivity index (χ0n) is 7.79. The highest BCUT2D eigenvalue weighted by Gasteiger charge is 2.46. The first-order chi connectivity index (χ1) is 6.16. The molecule has 3 nitrogen and oxygen atoms in total. The van der Waals surface area contributed by atoms with Crippen molar-refractivity contribution in [3.63, 3.8) is 0 Å². The first-order valence-electron chi connectivity index (χ1n) is 4.61. The number of hydrogen-bond acceptors (Lipinski definition) is 3. The maximum absolute atomic E-state index is 9.29. The third kappa shape index (κ3) is 1.28. The van der Waals surface area contributed by atoms with Crippen LogP contribution >= 0.6 is 0 Å². The average molecular weight is 181 g/mol. The van der Waals surface area contributed by atoms with Crippen molar-refractivity contribution in [2.75, 3.05) is 6.54 Å². The van der Waals surface area contributed by atoms with Crippen LogP contribution in [0, 0.1) is 6.92 Å². The SMILES string of the molecule is Cc1ccc(C2(CN)CC(O)C2)o1. The lowest BCUT2D eigenvalue weighted by Crippen LogP contribution is -2.49. The quantitative estimate of drug-likeness (QED) is 0.713. The van der Waals surface area contributed by atoms with Gasteiger partial charge in [0.1, 0.15) is 11.5 Å². The van der Waals surface area contributed by atoms with Crippen LogP contribution in [0.25, 0.3) is 0 Å². The molecule has 0 radical (unpaired) electrons. The molecule has 13 heavy (non-hydrogen) atoms. The topological polar surface area (TPSA) is 59.4 Å². The van der Waals surface area contributed by atoms with Crippen molar-refractivity contribution in [3.05, 3.63) is 23.7 Å². The van der Waals surface area contributed by atoms with Gasteiger partial charge in [-0.2, -0.15) is 0 Å². The van der Waals surface area contributed by atoms with E-state index in [4.69, 9.17) is 10.2 Å². The molecule has 1 aromatic heterocycles. The highest BCUT2D eigenvalue weighted by molar-refractivity contribution is 5.22. The monoisotopic (exact) mass is 181 g/mol. The molecule has 1 saturated carbocycles. The Balaban J connectivity index is 2.23. The van der Waals surface area contributed by atoms with Crippen molar-refractivity contribution in [2.45, 2.75) is 31.3 Å². The zero-order valence-corrected chi connectivity index (χ0v) is 7.79. The Morgan fingerprint density at radius 2 is 2.31 bits per heavy atom. The van der Waals surface area contributed by atoms with E-state index < -0.39 is 0 Å². The Kier molecular flexibility index (Phi) is 1.93. The Labute approximate surface area is 77.5 Å². The van der Waals surface area contributed by atoms with Crippen molar-refractivity contribution < 1.29 is 9.52 Å². The summed E-state index contributed by atoms with van der Waals surface area (Å²) in [6, 6.07) is 3.91. The summed E-state index contributed by atoms with van der Waals surface area (Å²) < 4.78 is 5.54. The van der Waals surface area contributed by atoms with Crippen LogP contribution in [0.2, 0.25) is 0 Å². The van der Waals surface area contributed by atoms with Crippen LogP contribution in [0.3, 0.4) is 0 Å². The molecule has 0 aromatic carbocycles. The summed E-state index contributed by atoms with van der Waals surface area (Å²) in [4.78, 5) is 0. The van der Waals surface area contributed by atoms with Crippen LogP contribution in [-0.4, -0.2) is 17.8 Å². The predicted octanol–water partition coefficient (Wildman–Crippen LogP) is 0.939. The minimum Gasteiger partial charge on any atom is -0.466 e. The van der Waals surface area contributed by atoms with Gasteiger partial charge in [-0.25, -0.2) is 0 Å². The second-order valence-electron chi connectivity index (χ2n) is 3.96. The molecule has 1 aromatic rings. The highest BCUT2D eigenvalue weighted by atomic mass is 16.3. The van der Waals surface area contributed by atoms with E-state index in [0.29, 0.717) is 6.54 Å². The van der Waals surface area contributed by atoms with E-state index in [0.717, 1.165) is 24.4 Å². The molecule has 1 aliphatic rings. The van der Waals surface area contributed by atoms with Gasteiger partial charge < -0.3 is 15.3 Å². The number of aryl methyl sites for hydroxylation is 1. The van der Waals surface area contributed by atoms with E-state index >= 15 is 0 Å². The lowest BCUT2D eigenvalue weighted by Gasteiger charge is -2.43. The number of aliphatic hydroxyl groups excluding tert-OH is 1. The van der Waals surface area contributed by atoms with Gasteiger partial charge in [-0.05, 0) is 31.9 Å². The van der Waals surface area contributed by atoms with Crippen LogP contribution in [0.4, 0.5) is 0 Å². The van der Waals surface area contributed by atoms with E-state index in [1.165, 1.54) is 0 Å². The molecule has 0 amide bonds. The Bertz CT molecular complexity index is 300. The molecule has 1 fully saturated rings. The molecular weight excluding hydrogens is 166 g/mol. The maximum Gasteiger partial charge on any atom is 0.111 e. The molecule has 0 unspecified atom stereocenters. The van der Waals surface area contributed by atoms with Gasteiger partial charge in [0.25, 0.3) is 0 Å². The largest absolute Gasteiger partial charge is 0.466 e. The third-order valence-electron chi connectivity index (χ3n) is 2.91. The Morgan fingerprint density at radius 1 is 1.62 bits per heavy atom. The number of furan rings is 1. The van der Waals surface area contributed by atoms with Crippen molar-refractivity contribution in [2.24, 2.45) is 5.73 Å². The van der Waals surface area contributed by atoms with Gasteiger partial charge in [0.2, 0.25) is 0 Å². The summed E-state index contributed by atoms with van der Waals surface area (Å²) in [6.07, 6.45) is 1.27. The Morgan fingerprint density at radius 3 is 2.69 bits per heavy atom. The number of nitrogens with two attached hydrogens (primary N) is 1. The number of hydrogen-bond donors (Lipinski definition) is 2. The van der Waals surface area contributed by atoms with Gasteiger partial charge in [0.15, 0.2) is 0 Å². The average Bonchev–Trinajstić information content (AvgIpc) is 2.46. The predicted molar refractivity (Wildman–Crippen MR) is 49.4 cm³/mol. The van der Waals surface area contributed by atoms with E-state index in [1.807, 2.05) is 19.1 Å². The molecule has 3 N–H and O–H groups in total. The molecular formula is C10H15NO2. The smallest absolute Gasteiger partial charge is 0.111 e. The second kappa shape index (κ2) is 2.86. The summed E-state index contributed by atoms with van der Waals surface area (Å²) in [7, 11) is 0. The number of aliphatic hydroxyl groups is 1. The standard InChI is InChI=1S/C10H15NO2/c1-7-2-3-9(13-7)10(6-11)4-8(12)5-10/h2-3,8,12H,4-6,11H2,1H3. The van der Waals surface area contributed by atoms with Crippen LogP contribution in [0.15, 0.2) is 16.5 Å². The van der Waals surface area contributed by atoms with Crippen molar-refractivity contribution in [1.82, 2.24) is 0 Å². The van der Waals surface area contributed by atoms with Gasteiger partial charge in [-0.15, -0.1) is 0 Å². The summed E-state index contributed by atoms with van der Waals surface area (Å²) in [5.74, 6) is 1.84. The first kappa shape index (κ1) is 8.78. The number of rotatable bonds is 2. The summed E-state index contributed by atoms with van der Waals surface area (Å²) >= 11 is 0. The fourth-order valence-electron chi connectivity index (χ4n) is 2.03. The fourth-order valence-corrected chi connectivity index (χ4v) is 2.03. The molecule has 0 atom stereocenters. The van der Waals surface area contributed by atoms with Crippen molar-refractivity contribution in [3.8, 4) is 0 Å². The molecule has 1 heterocycles. The second-order valence-corrected chi connectivity index (χ2v) is 3.96. The van der Waals surface area contributed by atoms with Gasteiger partial charge >= 0.3 is 0 Å². The first-order valence-corrected chi connectivity index (χ1v) is 4.61. The van der Waals surface area contributed by atoms with Gasteiger partial charge in [-0.1, -0.05) is 0 Å². The lowest BCUT2D eigenvalue weighted by atomic mass is 9.65. The minimum absolute atomic E-state index is 0.0896. The summed E-state index contributed by atoms with van der Waals surface area (Å²) in [5.41, 5.74) is 5.61. The van der Waals surface area contributed by atoms with Gasteiger partial charge in [0, 0.05) is 12.0 Å². The van der Waals surface area contributed by atoms with Crippen LogP contribution < -0.4 is 5.73 Å². The molecule has 72 valence electrons. The van der Waals surface area contributed by atoms with E-state index in [1.54, 1.807) is 0 Å². The molecule has 0 saturated heterocycles. The fraction of sp³-hybridized carbons (Fsp3) is 0.600. The highest BCUT2D eigenvalue weighted by Crippen LogP contribution is 2.43. The maximum atomic E-state index is 9.29. The normalized spacial score (nSPS) is 33.0. The molecule has 1 aliphatic carbocycles. The van der Waals surface area contributed by atoms with Crippen molar-refractivity contribution in [1.29, 1.82) is 0 Å². The van der Waals surface area contributed by atoms with Crippen LogP contribution in [0.5, 0.6) is 0 Å². The van der Waals surface area contributed by atoms with Gasteiger partial charge in [0.05, 0.1) is 6.10 Å². The zero-order chi connectivity index (χ0) is 9.47. The van der Waals surface area contributed by atoms with Gasteiger partial charge in [-0.3, -0.25) is 0 Å². The van der Waals surface area contributed by atoms with Crippen LogP contribution in [0.1, 0.15) is 24.4 Å². The molecule has 0 bridgehead atoms. The molecule has 0 aliphatic heterocycles. The van der Waals surface area contributed by atoms with E-state index in [-0.39, 0.29) is 11.5 Å². The molecule has 2 rings (SSSR count). The van der Waals surface area contributed by atoms with Crippen molar-refractivity contribution >= 4 is 0 Å². The third-order valence-corrected chi connectivity index (χ3v) is 2.91. The van der Waals surface area contributed by atoms with E-state index in [9.17, 15) is 5.11 Å². The molecule has 0 spiro atoms. The van der Waals surface area contributed by atoms with E-state index in [2.05, 4.69) is 0 Å². The minimum atomic E-state index is -0.200. The van der Waals surface area contributed by atoms with Crippen LogP contribution in [-0.2, 0) is 5.41 Å². The Hall–Kier alpha value is -0.800. The summed E-state index contributed by atoms with van der Waals surface area (Å²) in [6.45, 7) is 2.47. The lowest BCUT2D eigenvalue weighted by molar-refractivity contribution is 0.0111. The summed E-state index contributed by atoms with van der Waals surface area (Å²) in [5, 5.41) is 9.29.